The number of hydrogen-bond donors (Lipinski definition) is 1. The Morgan fingerprint density at radius 3 is 2.32 bits per heavy atom. The van der Waals surface area contributed by atoms with Gasteiger partial charge < -0.3 is 9.63 Å². The fourth-order valence-electron chi connectivity index (χ4n) is 1.20. The molecule has 0 radical (unpaired) electrons. The maximum atomic E-state index is 12.0. The largest absolute Gasteiger partial charge is 0.357 e. The highest BCUT2D eigenvalue weighted by Crippen LogP contribution is 2.43. The minimum atomic E-state index is -4.41. The molecular weight excluding hydrogens is 378 g/mol. The van der Waals surface area contributed by atoms with E-state index in [1.807, 2.05) is 0 Å². The van der Waals surface area contributed by atoms with Gasteiger partial charge in [-0.3, -0.25) is 13.3 Å². The molecule has 1 N–H and O–H groups in total. The summed E-state index contributed by atoms with van der Waals surface area (Å²) in [4.78, 5) is 9.00. The van der Waals surface area contributed by atoms with E-state index in [0.29, 0.717) is 0 Å². The first-order chi connectivity index (χ1) is 10.1. The third kappa shape index (κ3) is 6.14. The van der Waals surface area contributed by atoms with E-state index in [4.69, 9.17) is 27.9 Å². The Kier molecular flexibility index (Phi) is 7.29. The van der Waals surface area contributed by atoms with Crippen LogP contribution in [0.15, 0.2) is 23.1 Å². The summed E-state index contributed by atoms with van der Waals surface area (Å²) >= 11 is 11.5. The fraction of sp³-hybridized carbons (Fsp3) is 0.455. The Morgan fingerprint density at radius 1 is 1.27 bits per heavy atom. The topological polar surface area (TPSA) is 99.1 Å². The predicted molar refractivity (Wildman–Crippen MR) is 81.6 cm³/mol. The first-order valence-corrected chi connectivity index (χ1v) is 9.89. The Bertz CT molecular complexity index is 642. The molecule has 0 heterocycles. The van der Waals surface area contributed by atoms with Crippen molar-refractivity contribution in [3.05, 3.63) is 28.2 Å². The van der Waals surface area contributed by atoms with E-state index in [0.717, 1.165) is 0 Å². The summed E-state index contributed by atoms with van der Waals surface area (Å²) in [5.74, 6) is 0. The van der Waals surface area contributed by atoms with Crippen molar-refractivity contribution in [1.82, 2.24) is 0 Å². The van der Waals surface area contributed by atoms with Crippen LogP contribution in [-0.4, -0.2) is 32.6 Å². The SMILES string of the molecule is CC(C)OCOP(=O)(O)COS(=O)(=O)c1c(Cl)cccc1Cl. The lowest BCUT2D eigenvalue weighted by atomic mass is 10.4. The van der Waals surface area contributed by atoms with Crippen molar-refractivity contribution in [2.75, 3.05) is 13.1 Å². The average Bonchev–Trinajstić information content (AvgIpc) is 2.35. The van der Waals surface area contributed by atoms with Gasteiger partial charge in [0.1, 0.15) is 4.90 Å². The normalized spacial score (nSPS) is 15.0. The number of ether oxygens (including phenoxy) is 1. The number of rotatable bonds is 8. The van der Waals surface area contributed by atoms with Gasteiger partial charge in [0.2, 0.25) is 0 Å². The summed E-state index contributed by atoms with van der Waals surface area (Å²) in [6.07, 6.45) is -1.30. The molecule has 1 aromatic rings. The molecule has 22 heavy (non-hydrogen) atoms. The molecule has 1 aromatic carbocycles. The molecule has 0 aliphatic carbocycles. The summed E-state index contributed by atoms with van der Waals surface area (Å²) < 4.78 is 49.6. The van der Waals surface area contributed by atoms with Crippen LogP contribution in [0.25, 0.3) is 0 Å². The molecule has 126 valence electrons. The molecule has 0 bridgehead atoms. The van der Waals surface area contributed by atoms with Crippen LogP contribution in [0.3, 0.4) is 0 Å². The zero-order valence-corrected chi connectivity index (χ0v) is 15.0. The summed E-state index contributed by atoms with van der Waals surface area (Å²) in [6, 6.07) is 4.05. The van der Waals surface area contributed by atoms with Crippen LogP contribution >= 0.6 is 30.8 Å². The molecule has 7 nitrogen and oxygen atoms in total. The molecule has 1 unspecified atom stereocenters. The van der Waals surface area contributed by atoms with Gasteiger partial charge >= 0.3 is 17.7 Å². The highest BCUT2D eigenvalue weighted by molar-refractivity contribution is 7.87. The maximum Gasteiger partial charge on any atom is 0.357 e. The molecule has 11 heteroatoms. The molecule has 1 rings (SSSR count). The van der Waals surface area contributed by atoms with Gasteiger partial charge in [0, 0.05) is 0 Å². The summed E-state index contributed by atoms with van der Waals surface area (Å²) in [7, 11) is -8.72. The number of halogens is 2. The van der Waals surface area contributed by atoms with E-state index in [9.17, 15) is 17.9 Å². The molecule has 0 aliphatic heterocycles. The third-order valence-corrected chi connectivity index (χ3v) is 5.56. The predicted octanol–water partition coefficient (Wildman–Crippen LogP) is 3.24. The van der Waals surface area contributed by atoms with E-state index in [-0.39, 0.29) is 16.1 Å². The zero-order valence-electron chi connectivity index (χ0n) is 11.7. The van der Waals surface area contributed by atoms with Gasteiger partial charge in [-0.05, 0) is 26.0 Å². The second-order valence-electron chi connectivity index (χ2n) is 4.35. The van der Waals surface area contributed by atoms with Crippen LogP contribution in [0.2, 0.25) is 10.0 Å². The first-order valence-electron chi connectivity index (χ1n) is 5.96. The van der Waals surface area contributed by atoms with E-state index >= 15 is 0 Å². The minimum Gasteiger partial charge on any atom is -0.352 e. The van der Waals surface area contributed by atoms with Crippen LogP contribution in [-0.2, 0) is 28.1 Å². The number of hydrogen-bond acceptors (Lipinski definition) is 6. The second kappa shape index (κ2) is 8.08. The lowest BCUT2D eigenvalue weighted by Crippen LogP contribution is -2.12. The van der Waals surface area contributed by atoms with Gasteiger partial charge in [-0.2, -0.15) is 8.42 Å². The minimum absolute atomic E-state index is 0.163. The first kappa shape index (κ1) is 19.9. The maximum absolute atomic E-state index is 12.0. The highest BCUT2D eigenvalue weighted by atomic mass is 35.5. The van der Waals surface area contributed by atoms with Gasteiger partial charge in [-0.25, -0.2) is 0 Å². The van der Waals surface area contributed by atoms with Crippen molar-refractivity contribution in [3.8, 4) is 0 Å². The van der Waals surface area contributed by atoms with Crippen molar-refractivity contribution >= 4 is 40.9 Å². The van der Waals surface area contributed by atoms with Crippen LogP contribution in [0, 0.1) is 0 Å². The number of benzene rings is 1. The molecule has 0 aromatic heterocycles. The van der Waals surface area contributed by atoms with Gasteiger partial charge in [-0.15, -0.1) is 0 Å². The molecule has 0 spiro atoms. The van der Waals surface area contributed by atoms with E-state index in [2.05, 4.69) is 8.71 Å². The van der Waals surface area contributed by atoms with Gasteiger partial charge in [0.15, 0.2) is 13.1 Å². The van der Waals surface area contributed by atoms with E-state index < -0.39 is 35.8 Å². The van der Waals surface area contributed by atoms with Crippen molar-refractivity contribution < 1.29 is 31.3 Å². The van der Waals surface area contributed by atoms with Crippen molar-refractivity contribution in [2.24, 2.45) is 0 Å². The Balaban J connectivity index is 2.76. The van der Waals surface area contributed by atoms with Gasteiger partial charge in [0.25, 0.3) is 0 Å². The Morgan fingerprint density at radius 2 is 1.82 bits per heavy atom. The lowest BCUT2D eigenvalue weighted by Gasteiger charge is -2.14. The Labute approximate surface area is 138 Å². The molecule has 0 saturated heterocycles. The monoisotopic (exact) mass is 392 g/mol. The highest BCUT2D eigenvalue weighted by Gasteiger charge is 2.28. The summed E-state index contributed by atoms with van der Waals surface area (Å²) in [5.41, 5.74) is 0. The third-order valence-electron chi connectivity index (χ3n) is 2.20. The van der Waals surface area contributed by atoms with E-state index in [1.54, 1.807) is 13.8 Å². The molecule has 0 amide bonds. The van der Waals surface area contributed by atoms with Crippen molar-refractivity contribution in [3.63, 3.8) is 0 Å². The zero-order chi connectivity index (χ0) is 17.0. The van der Waals surface area contributed by atoms with Gasteiger partial charge in [0.05, 0.1) is 16.1 Å². The van der Waals surface area contributed by atoms with Crippen LogP contribution in [0.1, 0.15) is 13.8 Å². The molecule has 0 fully saturated rings. The van der Waals surface area contributed by atoms with Crippen molar-refractivity contribution in [2.45, 2.75) is 24.8 Å². The molecule has 0 aliphatic rings. The molecule has 1 atom stereocenters. The molecule has 0 saturated carbocycles. The second-order valence-corrected chi connectivity index (χ2v) is 8.51. The van der Waals surface area contributed by atoms with Crippen LogP contribution in [0.4, 0.5) is 0 Å². The lowest BCUT2D eigenvalue weighted by molar-refractivity contribution is -0.0259. The smallest absolute Gasteiger partial charge is 0.352 e. The van der Waals surface area contributed by atoms with E-state index in [1.165, 1.54) is 18.2 Å². The Hall–Kier alpha value is -0.180. The van der Waals surface area contributed by atoms with Crippen molar-refractivity contribution in [1.29, 1.82) is 0 Å². The summed E-state index contributed by atoms with van der Waals surface area (Å²) in [6.45, 7) is 2.93. The standard InChI is InChI=1S/C11H15Cl2O7PS/c1-8(2)18-6-19-21(14,15)7-20-22(16,17)11-9(12)4-3-5-10(11)13/h3-5,8H,6-7H2,1-2H3,(H,14,15). The van der Waals surface area contributed by atoms with Crippen LogP contribution in [0.5, 0.6) is 0 Å². The summed E-state index contributed by atoms with van der Waals surface area (Å²) in [5, 5.41) is -0.325. The fourth-order valence-corrected chi connectivity index (χ4v) is 4.29. The van der Waals surface area contributed by atoms with Gasteiger partial charge in [-0.1, -0.05) is 29.3 Å². The average molecular weight is 393 g/mol. The van der Waals surface area contributed by atoms with Crippen LogP contribution < -0.4 is 0 Å². The quantitative estimate of drug-likeness (QED) is 0.411. The molecular formula is C11H15Cl2O7PS.